The highest BCUT2D eigenvalue weighted by molar-refractivity contribution is 7.92. The topological polar surface area (TPSA) is 84.9 Å². The van der Waals surface area contributed by atoms with Crippen molar-refractivity contribution in [3.63, 3.8) is 0 Å². The van der Waals surface area contributed by atoms with Crippen molar-refractivity contribution < 1.29 is 22.7 Å². The summed E-state index contributed by atoms with van der Waals surface area (Å²) in [7, 11) is -3.66. The Hall–Kier alpha value is -2.74. The van der Waals surface area contributed by atoms with Crippen LogP contribution in [-0.4, -0.2) is 46.4 Å². The van der Waals surface area contributed by atoms with E-state index in [0.29, 0.717) is 23.8 Å². The molecule has 2 rings (SSSR count). The number of amides is 1. The van der Waals surface area contributed by atoms with Crippen LogP contribution in [0.25, 0.3) is 0 Å². The predicted molar refractivity (Wildman–Crippen MR) is 109 cm³/mol. The van der Waals surface area contributed by atoms with Gasteiger partial charge in [-0.05, 0) is 50.2 Å². The fourth-order valence-corrected chi connectivity index (χ4v) is 3.85. The zero-order valence-electron chi connectivity index (χ0n) is 16.3. The van der Waals surface area contributed by atoms with Gasteiger partial charge in [-0.15, -0.1) is 0 Å². The van der Waals surface area contributed by atoms with Crippen LogP contribution in [0.4, 0.5) is 5.69 Å². The summed E-state index contributed by atoms with van der Waals surface area (Å²) in [6.07, 6.45) is 1.08. The molecule has 0 aromatic heterocycles. The number of carbonyl (C=O) groups is 1. The molecule has 0 aliphatic rings. The molecule has 152 valence electrons. The smallest absolute Gasteiger partial charge is 0.243 e. The second-order valence-electron chi connectivity index (χ2n) is 6.11. The molecule has 2 aromatic carbocycles. The summed E-state index contributed by atoms with van der Waals surface area (Å²) in [4.78, 5) is 12.5. The van der Waals surface area contributed by atoms with Gasteiger partial charge in [-0.3, -0.25) is 9.10 Å². The summed E-state index contributed by atoms with van der Waals surface area (Å²) < 4.78 is 36.6. The number of nitrogens with zero attached hydrogens (tertiary/aromatic N) is 1. The minimum atomic E-state index is -3.66. The molecule has 1 N–H and O–H groups in total. The Bertz CT molecular complexity index is 854. The molecule has 8 heteroatoms. The molecule has 0 aliphatic carbocycles. The quantitative estimate of drug-likeness (QED) is 0.613. The van der Waals surface area contributed by atoms with Gasteiger partial charge in [0.05, 0.1) is 25.1 Å². The maximum Gasteiger partial charge on any atom is 0.243 e. The molecule has 0 unspecified atom stereocenters. The lowest BCUT2D eigenvalue weighted by Gasteiger charge is -2.28. The zero-order valence-corrected chi connectivity index (χ0v) is 17.1. The summed E-state index contributed by atoms with van der Waals surface area (Å²) in [5.74, 6) is 0.933. The number of para-hydroxylation sites is 1. The Balaban J connectivity index is 1.99. The van der Waals surface area contributed by atoms with Crippen LogP contribution < -0.4 is 19.1 Å². The molecule has 1 amide bonds. The third-order valence-electron chi connectivity index (χ3n) is 3.90. The predicted octanol–water partition coefficient (Wildman–Crippen LogP) is 2.44. The molecular formula is C20H26N2O5S. The molecule has 1 atom stereocenters. The van der Waals surface area contributed by atoms with Gasteiger partial charge in [-0.1, -0.05) is 18.2 Å². The van der Waals surface area contributed by atoms with E-state index in [4.69, 9.17) is 9.47 Å². The van der Waals surface area contributed by atoms with Gasteiger partial charge in [-0.2, -0.15) is 0 Å². The summed E-state index contributed by atoms with van der Waals surface area (Å²) >= 11 is 0. The second kappa shape index (κ2) is 9.98. The highest BCUT2D eigenvalue weighted by Crippen LogP contribution is 2.24. The third kappa shape index (κ3) is 6.16. The van der Waals surface area contributed by atoms with E-state index in [9.17, 15) is 13.2 Å². The molecule has 0 saturated heterocycles. The normalized spacial score (nSPS) is 12.1. The number of hydrogen-bond donors (Lipinski definition) is 1. The number of hydrogen-bond acceptors (Lipinski definition) is 5. The lowest BCUT2D eigenvalue weighted by Crippen LogP contribution is -2.48. The molecule has 0 radical (unpaired) electrons. The van der Waals surface area contributed by atoms with Crippen LogP contribution in [0.3, 0.4) is 0 Å². The molecule has 7 nitrogen and oxygen atoms in total. The van der Waals surface area contributed by atoms with Crippen LogP contribution in [0.2, 0.25) is 0 Å². The molecule has 0 heterocycles. The molecule has 0 fully saturated rings. The number of rotatable bonds is 10. The fourth-order valence-electron chi connectivity index (χ4n) is 2.67. The van der Waals surface area contributed by atoms with Crippen molar-refractivity contribution in [2.24, 2.45) is 0 Å². The molecule has 0 saturated carbocycles. The third-order valence-corrected chi connectivity index (χ3v) is 5.15. The first-order valence-electron chi connectivity index (χ1n) is 9.00. The lowest BCUT2D eigenvalue weighted by atomic mass is 10.2. The first kappa shape index (κ1) is 21.6. The Labute approximate surface area is 166 Å². The second-order valence-corrected chi connectivity index (χ2v) is 7.97. The number of nitrogens with one attached hydrogen (secondary N) is 1. The number of sulfonamides is 1. The van der Waals surface area contributed by atoms with Gasteiger partial charge in [0, 0.05) is 0 Å². The number of ether oxygens (including phenoxy) is 2. The van der Waals surface area contributed by atoms with Crippen LogP contribution in [0.15, 0.2) is 54.6 Å². The average Bonchev–Trinajstić information content (AvgIpc) is 2.66. The van der Waals surface area contributed by atoms with Gasteiger partial charge in [0.1, 0.15) is 24.1 Å². The number of benzene rings is 2. The van der Waals surface area contributed by atoms with Crippen LogP contribution in [0.1, 0.15) is 13.8 Å². The van der Waals surface area contributed by atoms with E-state index in [1.54, 1.807) is 31.2 Å². The first-order valence-corrected chi connectivity index (χ1v) is 10.9. The van der Waals surface area contributed by atoms with E-state index < -0.39 is 22.0 Å². The van der Waals surface area contributed by atoms with Crippen molar-refractivity contribution in [3.8, 4) is 11.5 Å². The van der Waals surface area contributed by atoms with Crippen LogP contribution in [0.5, 0.6) is 11.5 Å². The lowest BCUT2D eigenvalue weighted by molar-refractivity contribution is -0.121. The van der Waals surface area contributed by atoms with Crippen molar-refractivity contribution in [2.45, 2.75) is 19.9 Å². The monoisotopic (exact) mass is 406 g/mol. The highest BCUT2D eigenvalue weighted by Gasteiger charge is 2.28. The average molecular weight is 407 g/mol. The van der Waals surface area contributed by atoms with Gasteiger partial charge in [-0.25, -0.2) is 8.42 Å². The Morgan fingerprint density at radius 2 is 1.64 bits per heavy atom. The molecule has 0 bridgehead atoms. The van der Waals surface area contributed by atoms with Gasteiger partial charge in [0.2, 0.25) is 15.9 Å². The van der Waals surface area contributed by atoms with Crippen molar-refractivity contribution in [1.29, 1.82) is 0 Å². The Morgan fingerprint density at radius 3 is 2.21 bits per heavy atom. The van der Waals surface area contributed by atoms with E-state index in [2.05, 4.69) is 5.32 Å². The Kier molecular flexibility index (Phi) is 7.69. The van der Waals surface area contributed by atoms with Crippen LogP contribution >= 0.6 is 0 Å². The van der Waals surface area contributed by atoms with E-state index in [1.807, 2.05) is 37.3 Å². The molecule has 0 spiro atoms. The summed E-state index contributed by atoms with van der Waals surface area (Å²) in [5, 5.41) is 2.71. The largest absolute Gasteiger partial charge is 0.494 e. The summed E-state index contributed by atoms with van der Waals surface area (Å²) in [5.41, 5.74) is 0.397. The van der Waals surface area contributed by atoms with Crippen molar-refractivity contribution in [1.82, 2.24) is 5.32 Å². The fraction of sp³-hybridized carbons (Fsp3) is 0.350. The minimum absolute atomic E-state index is 0.263. The van der Waals surface area contributed by atoms with E-state index in [0.717, 1.165) is 10.6 Å². The van der Waals surface area contributed by atoms with Gasteiger partial charge in [0.15, 0.2) is 0 Å². The van der Waals surface area contributed by atoms with Gasteiger partial charge < -0.3 is 14.8 Å². The molecular weight excluding hydrogens is 380 g/mol. The van der Waals surface area contributed by atoms with E-state index in [-0.39, 0.29) is 13.2 Å². The zero-order chi connectivity index (χ0) is 20.6. The minimum Gasteiger partial charge on any atom is -0.494 e. The Morgan fingerprint density at radius 1 is 1.04 bits per heavy atom. The van der Waals surface area contributed by atoms with Crippen molar-refractivity contribution >= 4 is 21.6 Å². The summed E-state index contributed by atoms with van der Waals surface area (Å²) in [6, 6.07) is 14.9. The molecule has 28 heavy (non-hydrogen) atoms. The van der Waals surface area contributed by atoms with Gasteiger partial charge in [0.25, 0.3) is 0 Å². The first-order chi connectivity index (χ1) is 13.3. The molecule has 2 aromatic rings. The summed E-state index contributed by atoms with van der Waals surface area (Å²) in [6.45, 7) is 4.47. The number of anilines is 1. The van der Waals surface area contributed by atoms with Crippen molar-refractivity contribution in [3.05, 3.63) is 54.6 Å². The highest BCUT2D eigenvalue weighted by atomic mass is 32.2. The maximum atomic E-state index is 12.5. The van der Waals surface area contributed by atoms with Crippen LogP contribution in [-0.2, 0) is 14.8 Å². The van der Waals surface area contributed by atoms with E-state index in [1.165, 1.54) is 0 Å². The standard InChI is InChI=1S/C20H26N2O5S/c1-4-26-19-12-10-17(11-13-19)22(28(3,24)25)16(2)20(23)21-14-15-27-18-8-6-5-7-9-18/h5-13,16H,4,14-15H2,1-3H3,(H,21,23)/t16-/m0/s1. The van der Waals surface area contributed by atoms with Gasteiger partial charge >= 0.3 is 0 Å². The SMILES string of the molecule is CCOc1ccc(N([C@@H](C)C(=O)NCCOc2ccccc2)S(C)(=O)=O)cc1. The number of carbonyl (C=O) groups excluding carboxylic acids is 1. The maximum absolute atomic E-state index is 12.5. The van der Waals surface area contributed by atoms with Crippen molar-refractivity contribution in [2.75, 3.05) is 30.3 Å². The van der Waals surface area contributed by atoms with E-state index >= 15 is 0 Å². The van der Waals surface area contributed by atoms with Crippen LogP contribution in [0, 0.1) is 0 Å². The molecule has 0 aliphatic heterocycles.